The van der Waals surface area contributed by atoms with E-state index in [2.05, 4.69) is 27.7 Å². The number of hydrogen-bond acceptors (Lipinski definition) is 0. The van der Waals surface area contributed by atoms with Crippen molar-refractivity contribution in [1.29, 1.82) is 0 Å². The summed E-state index contributed by atoms with van der Waals surface area (Å²) < 4.78 is 0. The van der Waals surface area contributed by atoms with Gasteiger partial charge in [-0.3, -0.25) is 0 Å². The van der Waals surface area contributed by atoms with Crippen LogP contribution in [-0.4, -0.2) is 0 Å². The third kappa shape index (κ3) is 1.84. The summed E-state index contributed by atoms with van der Waals surface area (Å²) in [5.41, 5.74) is 0.668. The molecule has 0 amide bonds. The third-order valence-electron chi connectivity index (χ3n) is 4.18. The molecule has 0 nitrogen and oxygen atoms in total. The Morgan fingerprint density at radius 1 is 1.33 bits per heavy atom. The molecule has 72 valence electrons. The lowest BCUT2D eigenvalue weighted by Crippen LogP contribution is -2.32. The second kappa shape index (κ2) is 3.81. The van der Waals surface area contributed by atoms with Gasteiger partial charge in [0.25, 0.3) is 0 Å². The van der Waals surface area contributed by atoms with E-state index in [0.717, 1.165) is 11.8 Å². The molecule has 0 heterocycles. The highest BCUT2D eigenvalue weighted by atomic mass is 14.4. The zero-order chi connectivity index (χ0) is 9.19. The summed E-state index contributed by atoms with van der Waals surface area (Å²) in [6.45, 7) is 9.63. The summed E-state index contributed by atoms with van der Waals surface area (Å²) in [5, 5.41) is 0. The molecule has 0 aliphatic heterocycles. The summed E-state index contributed by atoms with van der Waals surface area (Å²) >= 11 is 0. The normalized spacial score (nSPS) is 43.0. The monoisotopic (exact) mass is 168 g/mol. The zero-order valence-electron chi connectivity index (χ0n) is 9.19. The van der Waals surface area contributed by atoms with Crippen molar-refractivity contribution in [2.45, 2.75) is 59.8 Å². The molecule has 0 aromatic heterocycles. The second-order valence-electron chi connectivity index (χ2n) is 4.99. The molecule has 0 aromatic rings. The molecular formula is C12H24. The van der Waals surface area contributed by atoms with Crippen molar-refractivity contribution in [3.63, 3.8) is 0 Å². The smallest absolute Gasteiger partial charge is 0.0300 e. The number of hydrogen-bond donors (Lipinski definition) is 0. The topological polar surface area (TPSA) is 0 Å². The Kier molecular flexibility index (Phi) is 3.20. The Balaban J connectivity index is 2.62. The minimum atomic E-state index is 0.668. The first-order valence-corrected chi connectivity index (χ1v) is 5.62. The molecular weight excluding hydrogens is 144 g/mol. The van der Waals surface area contributed by atoms with E-state index < -0.39 is 0 Å². The molecule has 0 aromatic carbocycles. The van der Waals surface area contributed by atoms with Crippen molar-refractivity contribution >= 4 is 0 Å². The van der Waals surface area contributed by atoms with Gasteiger partial charge in [0.05, 0.1) is 0 Å². The fraction of sp³-hybridized carbons (Fsp3) is 1.00. The molecule has 1 aliphatic rings. The summed E-state index contributed by atoms with van der Waals surface area (Å²) in [5.74, 6) is 1.97. The fourth-order valence-corrected chi connectivity index (χ4v) is 2.79. The van der Waals surface area contributed by atoms with E-state index in [1.807, 2.05) is 0 Å². The maximum Gasteiger partial charge on any atom is -0.0300 e. The Labute approximate surface area is 77.7 Å². The van der Waals surface area contributed by atoms with Gasteiger partial charge in [0.15, 0.2) is 0 Å². The molecule has 1 fully saturated rings. The quantitative estimate of drug-likeness (QED) is 0.578. The Bertz CT molecular complexity index is 139. The van der Waals surface area contributed by atoms with Crippen LogP contribution in [0.3, 0.4) is 0 Å². The molecule has 1 saturated carbocycles. The average Bonchev–Trinajstić information content (AvgIpc) is 2.09. The molecule has 0 radical (unpaired) electrons. The maximum absolute atomic E-state index is 2.49. The van der Waals surface area contributed by atoms with Gasteiger partial charge in [-0.05, 0) is 30.1 Å². The van der Waals surface area contributed by atoms with E-state index in [1.54, 1.807) is 0 Å². The standard InChI is InChI=1S/C12H24/c1-5-11-9-10(3)7-8-12(11,4)6-2/h10-11H,5-9H2,1-4H3. The van der Waals surface area contributed by atoms with Crippen LogP contribution < -0.4 is 0 Å². The Morgan fingerprint density at radius 3 is 2.50 bits per heavy atom. The lowest BCUT2D eigenvalue weighted by Gasteiger charge is -2.43. The van der Waals surface area contributed by atoms with Crippen LogP contribution in [-0.2, 0) is 0 Å². The van der Waals surface area contributed by atoms with Gasteiger partial charge in [-0.1, -0.05) is 47.0 Å². The molecule has 0 spiro atoms. The summed E-state index contributed by atoms with van der Waals surface area (Å²) in [6, 6.07) is 0. The van der Waals surface area contributed by atoms with Gasteiger partial charge < -0.3 is 0 Å². The minimum absolute atomic E-state index is 0.668. The molecule has 12 heavy (non-hydrogen) atoms. The van der Waals surface area contributed by atoms with Crippen LogP contribution in [0.1, 0.15) is 59.8 Å². The van der Waals surface area contributed by atoms with Gasteiger partial charge in [-0.15, -0.1) is 0 Å². The van der Waals surface area contributed by atoms with Gasteiger partial charge in [0.2, 0.25) is 0 Å². The first kappa shape index (κ1) is 10.1. The van der Waals surface area contributed by atoms with Gasteiger partial charge in [0.1, 0.15) is 0 Å². The molecule has 1 aliphatic carbocycles. The minimum Gasteiger partial charge on any atom is -0.0651 e. The second-order valence-corrected chi connectivity index (χ2v) is 4.99. The van der Waals surface area contributed by atoms with E-state index >= 15 is 0 Å². The van der Waals surface area contributed by atoms with E-state index in [1.165, 1.54) is 32.1 Å². The van der Waals surface area contributed by atoms with E-state index in [9.17, 15) is 0 Å². The molecule has 3 unspecified atom stereocenters. The highest BCUT2D eigenvalue weighted by Gasteiger charge is 2.35. The highest BCUT2D eigenvalue weighted by molar-refractivity contribution is 4.86. The van der Waals surface area contributed by atoms with Crippen LogP contribution in [0.5, 0.6) is 0 Å². The van der Waals surface area contributed by atoms with Crippen LogP contribution in [0, 0.1) is 17.3 Å². The van der Waals surface area contributed by atoms with Crippen molar-refractivity contribution in [3.05, 3.63) is 0 Å². The van der Waals surface area contributed by atoms with Crippen LogP contribution in [0.25, 0.3) is 0 Å². The highest BCUT2D eigenvalue weighted by Crippen LogP contribution is 2.46. The molecule has 0 saturated heterocycles. The van der Waals surface area contributed by atoms with Gasteiger partial charge >= 0.3 is 0 Å². The molecule has 1 rings (SSSR count). The SMILES string of the molecule is CCC1CC(C)CCC1(C)CC. The summed E-state index contributed by atoms with van der Waals surface area (Å²) in [6.07, 6.45) is 7.15. The van der Waals surface area contributed by atoms with Crippen molar-refractivity contribution in [2.75, 3.05) is 0 Å². The van der Waals surface area contributed by atoms with E-state index in [0.29, 0.717) is 5.41 Å². The van der Waals surface area contributed by atoms with Crippen LogP contribution in [0.2, 0.25) is 0 Å². The first-order chi connectivity index (χ1) is 5.62. The predicted octanol–water partition coefficient (Wildman–Crippen LogP) is 4.25. The largest absolute Gasteiger partial charge is 0.0651 e. The zero-order valence-corrected chi connectivity index (χ0v) is 9.19. The van der Waals surface area contributed by atoms with Gasteiger partial charge in [-0.25, -0.2) is 0 Å². The lowest BCUT2D eigenvalue weighted by atomic mass is 9.62. The Hall–Kier alpha value is 0. The van der Waals surface area contributed by atoms with Gasteiger partial charge in [-0.2, -0.15) is 0 Å². The molecule has 3 atom stereocenters. The molecule has 0 heteroatoms. The average molecular weight is 168 g/mol. The molecule has 0 N–H and O–H groups in total. The fourth-order valence-electron chi connectivity index (χ4n) is 2.79. The van der Waals surface area contributed by atoms with Crippen LogP contribution in [0.15, 0.2) is 0 Å². The maximum atomic E-state index is 2.49. The van der Waals surface area contributed by atoms with E-state index in [4.69, 9.17) is 0 Å². The van der Waals surface area contributed by atoms with Crippen molar-refractivity contribution in [2.24, 2.45) is 17.3 Å². The van der Waals surface area contributed by atoms with Crippen molar-refractivity contribution in [1.82, 2.24) is 0 Å². The molecule has 0 bridgehead atoms. The Morgan fingerprint density at radius 2 is 2.00 bits per heavy atom. The van der Waals surface area contributed by atoms with Gasteiger partial charge in [0, 0.05) is 0 Å². The summed E-state index contributed by atoms with van der Waals surface area (Å²) in [4.78, 5) is 0. The predicted molar refractivity (Wildman–Crippen MR) is 55.2 cm³/mol. The lowest BCUT2D eigenvalue weighted by molar-refractivity contribution is 0.0780. The third-order valence-corrected chi connectivity index (χ3v) is 4.18. The first-order valence-electron chi connectivity index (χ1n) is 5.62. The van der Waals surface area contributed by atoms with Crippen molar-refractivity contribution in [3.8, 4) is 0 Å². The van der Waals surface area contributed by atoms with E-state index in [-0.39, 0.29) is 0 Å². The van der Waals surface area contributed by atoms with Crippen LogP contribution >= 0.6 is 0 Å². The summed E-state index contributed by atoms with van der Waals surface area (Å²) in [7, 11) is 0. The van der Waals surface area contributed by atoms with Crippen molar-refractivity contribution < 1.29 is 0 Å². The number of rotatable bonds is 2. The van der Waals surface area contributed by atoms with Crippen LogP contribution in [0.4, 0.5) is 0 Å².